The van der Waals surface area contributed by atoms with Crippen LogP contribution < -0.4 is 11.5 Å². The summed E-state index contributed by atoms with van der Waals surface area (Å²) in [6.45, 7) is -5.43. The molecule has 21 heterocycles. The van der Waals surface area contributed by atoms with E-state index in [0.717, 1.165) is 23.5 Å². The maximum Gasteiger partial charge on any atom is 0.321 e. The van der Waals surface area contributed by atoms with Crippen LogP contribution in [0.5, 0.6) is 0 Å². The Kier molecular flexibility index (Phi) is 26.2. The number of nitrogens with two attached hydrogens (primary N) is 2. The van der Waals surface area contributed by atoms with Crippen molar-refractivity contribution in [1.29, 1.82) is 0 Å². The number of carbonyl (C=O) groups is 2. The molecule has 0 aliphatic carbocycles. The third-order valence-electron chi connectivity index (χ3n) is 16.2. The molecule has 25 N–H and O–H groups in total. The molecule has 15 unspecified atom stereocenters. The molecule has 0 spiro atoms. The van der Waals surface area contributed by atoms with E-state index in [1.54, 1.807) is 0 Å². The lowest BCUT2D eigenvalue weighted by Gasteiger charge is -2.50. The number of hydrogen-bond acceptors (Lipinski definition) is 39. The van der Waals surface area contributed by atoms with Crippen LogP contribution >= 0.6 is 23.5 Å². The first-order valence-electron chi connectivity index (χ1n) is 28.1. The first-order valence-corrected chi connectivity index (χ1v) is 30.4. The van der Waals surface area contributed by atoms with E-state index in [1.807, 2.05) is 0 Å². The summed E-state index contributed by atoms with van der Waals surface area (Å²) in [5.41, 5.74) is 11.4. The SMILES string of the molecule is NC(CSCC1O[C@H]2O[C@@H]3C(CO)O[C@H](O[C@@H]4C(CO)O[C@H](O[C@@H]5C(CO)O[C@H](O[C@@H]6C(CSC[C@@H](N)C(=O)O)O[C@H](O[C@@H]7C(CO)O[C@@H](O[C@@H]8C(CO)O[C@@H](O[C@H]1[C@H](O)C2O)C(O)[C@H]8O)C(O)[C@H]7O)C(O)[C@H]6O)C(O)[C@H]5O)C(O)[C@H]4O)C(O)[C@H]3O)C(=O)O. The highest BCUT2D eigenvalue weighted by Crippen LogP contribution is 2.40. The fraction of sp³-hybridized carbons (Fsp3) is 0.958. The van der Waals surface area contributed by atoms with E-state index in [0.29, 0.717) is 0 Å². The highest BCUT2D eigenvalue weighted by molar-refractivity contribution is 7.99. The summed E-state index contributed by atoms with van der Waals surface area (Å²) >= 11 is 1.60. The average molecular weight is 1340 g/mol. The number of thioether (sulfide) groups is 2. The van der Waals surface area contributed by atoms with Gasteiger partial charge in [0, 0.05) is 23.0 Å². The van der Waals surface area contributed by atoms with Gasteiger partial charge in [-0.2, -0.15) is 23.5 Å². The third kappa shape index (κ3) is 15.9. The minimum atomic E-state index is -2.27. The van der Waals surface area contributed by atoms with E-state index >= 15 is 0 Å². The molecule has 89 heavy (non-hydrogen) atoms. The Labute approximate surface area is 511 Å². The van der Waals surface area contributed by atoms with Gasteiger partial charge in [-0.1, -0.05) is 0 Å². The Hall–Kier alpha value is -1.76. The van der Waals surface area contributed by atoms with Crippen LogP contribution in [0, 0.1) is 0 Å². The molecule has 39 nitrogen and oxygen atoms in total. The van der Waals surface area contributed by atoms with E-state index in [9.17, 15) is 117 Å². The summed E-state index contributed by atoms with van der Waals surface area (Å²) in [5, 5.41) is 233. The molecule has 0 aromatic rings. The standard InChI is InChI=1S/C48H80N2O37S2/c49-10(40(70)71)6-88-8-17-38-25(62)32(69)48(80-17)85-37-16(5-55)76-44(28(65)21(37)58)83-35-14(3-53)78-46(30(67)23(35)60)87-39-18(9-89-7-11(50)41(72)73)79-47(31(68)24(39)61)84-36-15(4-54)75-43(27(64)20(36)57)81-33-12(1-51)74-42(26(63)19(33)56)82-34-13(2-52)77-45(86-38)29(66)22(34)59/h10-39,42-48,51-69H,1-9,49-50H2,(H,70,71)(H,72,73)/t10-,11?,12?,13?,14?,15?,16?,17?,18?,19-,20-,21-,22-,23-,24-,25-,26?,27?,28?,29?,30?,31?,32?,33-,34-,35-,36-,37-,38-,39-,42-,43-,44+,45-,46+,47+,48-/m1/s1. The molecule has 21 aliphatic rings. The number of carboxylic acid groups (broad SMARTS) is 2. The summed E-state index contributed by atoms with van der Waals surface area (Å²) in [5.74, 6) is -4.26. The van der Waals surface area contributed by atoms with Gasteiger partial charge < -0.3 is 185 Å². The molecule has 0 aromatic heterocycles. The van der Waals surface area contributed by atoms with Crippen molar-refractivity contribution >= 4 is 35.5 Å². The largest absolute Gasteiger partial charge is 0.480 e. The Morgan fingerprint density at radius 1 is 0.281 bits per heavy atom. The van der Waals surface area contributed by atoms with Gasteiger partial charge in [-0.05, 0) is 0 Å². The zero-order valence-electron chi connectivity index (χ0n) is 46.6. The predicted molar refractivity (Wildman–Crippen MR) is 280 cm³/mol. The molecule has 21 aliphatic heterocycles. The Morgan fingerprint density at radius 3 is 0.596 bits per heavy atom. The number of hydrogen-bond donors (Lipinski definition) is 23. The molecule has 516 valence electrons. The quantitative estimate of drug-likeness (QED) is 0.0724. The van der Waals surface area contributed by atoms with Gasteiger partial charge in [-0.25, -0.2) is 0 Å². The van der Waals surface area contributed by atoms with E-state index < -0.39 is 284 Å². The molecular formula is C48H80N2O37S2. The molecular weight excluding hydrogens is 1260 g/mol. The lowest BCUT2D eigenvalue weighted by Crippen LogP contribution is -2.68. The summed E-state index contributed by atoms with van der Waals surface area (Å²) in [6, 6.07) is -2.94. The fourth-order valence-corrected chi connectivity index (χ4v) is 13.2. The first-order chi connectivity index (χ1) is 42.2. The number of rotatable bonds is 15. The van der Waals surface area contributed by atoms with E-state index in [1.165, 1.54) is 0 Å². The molecule has 37 atom stereocenters. The molecule has 0 radical (unpaired) electrons. The maximum absolute atomic E-state index is 11.7. The second-order valence-corrected chi connectivity index (χ2v) is 24.4. The second-order valence-electron chi connectivity index (χ2n) is 22.3. The minimum Gasteiger partial charge on any atom is -0.480 e. The molecule has 0 amide bonds. The zero-order valence-corrected chi connectivity index (χ0v) is 48.3. The van der Waals surface area contributed by atoms with Gasteiger partial charge >= 0.3 is 11.9 Å². The van der Waals surface area contributed by atoms with Crippen LogP contribution in [0.25, 0.3) is 0 Å². The van der Waals surface area contributed by atoms with Gasteiger partial charge in [0.15, 0.2) is 44.0 Å². The van der Waals surface area contributed by atoms with Crippen molar-refractivity contribution < 1.29 is 183 Å². The van der Waals surface area contributed by atoms with Crippen molar-refractivity contribution in [3.8, 4) is 0 Å². The Morgan fingerprint density at radius 2 is 0.438 bits per heavy atom. The van der Waals surface area contributed by atoms with E-state index in [2.05, 4.69) is 0 Å². The van der Waals surface area contributed by atoms with Crippen LogP contribution in [0.2, 0.25) is 0 Å². The summed E-state index contributed by atoms with van der Waals surface area (Å²) in [4.78, 5) is 23.2. The van der Waals surface area contributed by atoms with Gasteiger partial charge in [-0.15, -0.1) is 0 Å². The maximum atomic E-state index is 11.7. The molecule has 41 heteroatoms. The van der Waals surface area contributed by atoms with Gasteiger partial charge in [0.2, 0.25) is 0 Å². The topological polar surface area (TPSA) is 640 Å². The van der Waals surface area contributed by atoms with Crippen LogP contribution in [0.15, 0.2) is 0 Å². The van der Waals surface area contributed by atoms with Gasteiger partial charge in [0.25, 0.3) is 0 Å². The van der Waals surface area contributed by atoms with Gasteiger partial charge in [0.1, 0.15) is 171 Å². The normalized spacial score (nSPS) is 50.1. The molecule has 21 rings (SSSR count). The van der Waals surface area contributed by atoms with Crippen LogP contribution in [0.3, 0.4) is 0 Å². The Bertz CT molecular complexity index is 2200. The molecule has 21 fully saturated rings. The molecule has 0 saturated carbocycles. The first kappa shape index (κ1) is 73.1. The average Bonchev–Trinajstić information content (AvgIpc) is 0.884. The highest BCUT2D eigenvalue weighted by atomic mass is 32.2. The molecule has 0 aromatic carbocycles. The number of aliphatic carboxylic acids is 2. The van der Waals surface area contributed by atoms with Crippen molar-refractivity contribution in [3.05, 3.63) is 0 Å². The fourth-order valence-electron chi connectivity index (χ4n) is 11.2. The van der Waals surface area contributed by atoms with Crippen molar-refractivity contribution in [2.24, 2.45) is 11.5 Å². The monoisotopic (exact) mass is 1340 g/mol. The van der Waals surface area contributed by atoms with Crippen LogP contribution in [-0.4, -0.2) is 402 Å². The highest BCUT2D eigenvalue weighted by Gasteiger charge is 2.60. The van der Waals surface area contributed by atoms with Crippen LogP contribution in [0.1, 0.15) is 0 Å². The predicted octanol–water partition coefficient (Wildman–Crippen LogP) is -14.9. The van der Waals surface area contributed by atoms with E-state index in [-0.39, 0.29) is 11.5 Å². The van der Waals surface area contributed by atoms with E-state index in [4.69, 9.17) is 77.8 Å². The second kappa shape index (κ2) is 31.9. The van der Waals surface area contributed by atoms with Crippen LogP contribution in [0.4, 0.5) is 0 Å². The van der Waals surface area contributed by atoms with Crippen molar-refractivity contribution in [2.75, 3.05) is 56.0 Å². The van der Waals surface area contributed by atoms with Crippen molar-refractivity contribution in [2.45, 2.75) is 227 Å². The van der Waals surface area contributed by atoms with Gasteiger partial charge in [0.05, 0.1) is 45.2 Å². The number of aliphatic hydroxyl groups excluding tert-OH is 19. The molecule has 14 bridgehead atoms. The van der Waals surface area contributed by atoms with Crippen LogP contribution in [-0.2, 0) is 75.9 Å². The van der Waals surface area contributed by atoms with Crippen molar-refractivity contribution in [1.82, 2.24) is 0 Å². The smallest absolute Gasteiger partial charge is 0.321 e. The summed E-state index contributed by atoms with van der Waals surface area (Å²) in [7, 11) is 0. The lowest BCUT2D eigenvalue weighted by molar-refractivity contribution is -0.395. The molecule has 21 saturated heterocycles. The third-order valence-corrected chi connectivity index (χ3v) is 18.5. The number of aliphatic hydroxyl groups is 19. The Balaban J connectivity index is 1.11. The van der Waals surface area contributed by atoms with Crippen molar-refractivity contribution in [3.63, 3.8) is 0 Å². The minimum absolute atomic E-state index is 0.319. The zero-order chi connectivity index (χ0) is 65.2. The number of carboxylic acids is 2. The lowest BCUT2D eigenvalue weighted by atomic mass is 9.95. The number of ether oxygens (including phenoxy) is 14. The summed E-state index contributed by atoms with van der Waals surface area (Å²) < 4.78 is 81.6. The van der Waals surface area contributed by atoms with Gasteiger partial charge in [-0.3, -0.25) is 9.59 Å². The summed E-state index contributed by atoms with van der Waals surface area (Å²) in [6.07, 6.45) is -71.4.